The van der Waals surface area contributed by atoms with Crippen LogP contribution >= 0.6 is 50.1 Å². The Morgan fingerprint density at radius 3 is 2.59 bits per heavy atom. The summed E-state index contributed by atoms with van der Waals surface area (Å²) in [5.41, 5.74) is 8.34. The van der Waals surface area contributed by atoms with Gasteiger partial charge in [0.2, 0.25) is 0 Å². The highest BCUT2D eigenvalue weighted by atomic mass is 127. The zero-order valence-electron chi connectivity index (χ0n) is 8.68. The van der Waals surface area contributed by atoms with E-state index >= 15 is 0 Å². The van der Waals surface area contributed by atoms with Gasteiger partial charge in [-0.2, -0.15) is 0 Å². The van der Waals surface area contributed by atoms with E-state index in [1.165, 1.54) is 0 Å². The lowest BCUT2D eigenvalue weighted by atomic mass is 10.2. The van der Waals surface area contributed by atoms with Gasteiger partial charge in [0, 0.05) is 13.1 Å². The van der Waals surface area contributed by atoms with E-state index in [1.807, 2.05) is 30.3 Å². The third-order valence-electron chi connectivity index (χ3n) is 2.21. The maximum atomic E-state index is 5.89. The molecule has 5 heteroatoms. The lowest BCUT2D eigenvalue weighted by Gasteiger charge is -2.11. The molecule has 0 atom stereocenters. The van der Waals surface area contributed by atoms with Crippen molar-refractivity contribution in [2.24, 2.45) is 0 Å². The number of hydrogen-bond acceptors (Lipinski definition) is 2. The van der Waals surface area contributed by atoms with Crippen LogP contribution in [0.1, 0.15) is 0 Å². The fraction of sp³-hybridized carbons (Fsp3) is 0. The summed E-state index contributed by atoms with van der Waals surface area (Å²) < 4.78 is 2.15. The molecule has 2 aromatic carbocycles. The van der Waals surface area contributed by atoms with Gasteiger partial charge in [-0.1, -0.05) is 11.6 Å². The number of rotatable bonds is 2. The minimum Gasteiger partial charge on any atom is -0.397 e. The molecule has 2 aromatic rings. The van der Waals surface area contributed by atoms with Crippen molar-refractivity contribution < 1.29 is 0 Å². The molecular weight excluding hydrogens is 414 g/mol. The molecule has 0 amide bonds. The van der Waals surface area contributed by atoms with E-state index in [0.717, 1.165) is 19.4 Å². The Hall–Kier alpha value is -0.460. The Bertz CT molecular complexity index is 560. The Labute approximate surface area is 127 Å². The van der Waals surface area contributed by atoms with Gasteiger partial charge in [0.1, 0.15) is 0 Å². The van der Waals surface area contributed by atoms with Crippen molar-refractivity contribution in [2.45, 2.75) is 0 Å². The first-order chi connectivity index (χ1) is 8.06. The topological polar surface area (TPSA) is 38.0 Å². The number of halogens is 3. The van der Waals surface area contributed by atoms with Crippen LogP contribution in [0.25, 0.3) is 0 Å². The molecule has 0 aromatic heterocycles. The number of hydrogen-bond donors (Lipinski definition) is 2. The van der Waals surface area contributed by atoms with E-state index in [9.17, 15) is 0 Å². The van der Waals surface area contributed by atoms with Gasteiger partial charge in [0.05, 0.1) is 17.1 Å². The molecule has 0 saturated heterocycles. The van der Waals surface area contributed by atoms with E-state index in [4.69, 9.17) is 17.3 Å². The molecule has 2 nitrogen and oxygen atoms in total. The molecule has 0 saturated carbocycles. The number of benzene rings is 2. The first kappa shape index (κ1) is 13.0. The smallest absolute Gasteiger partial charge is 0.0619 e. The number of nitrogen functional groups attached to an aromatic ring is 1. The molecule has 3 N–H and O–H groups in total. The first-order valence-electron chi connectivity index (χ1n) is 4.83. The minimum atomic E-state index is 0.628. The Morgan fingerprint density at radius 2 is 1.88 bits per heavy atom. The van der Waals surface area contributed by atoms with E-state index in [2.05, 4.69) is 43.8 Å². The molecule has 0 heterocycles. The average molecular weight is 423 g/mol. The second kappa shape index (κ2) is 5.46. The predicted octanol–water partition coefficient (Wildman–Crippen LogP) is 5.03. The zero-order valence-corrected chi connectivity index (χ0v) is 13.2. The van der Waals surface area contributed by atoms with E-state index < -0.39 is 0 Å². The van der Waals surface area contributed by atoms with Crippen LogP contribution in [0.2, 0.25) is 5.02 Å². The maximum absolute atomic E-state index is 5.89. The van der Waals surface area contributed by atoms with E-state index in [0.29, 0.717) is 10.7 Å². The molecule has 0 unspecified atom stereocenters. The van der Waals surface area contributed by atoms with Crippen molar-refractivity contribution in [3.63, 3.8) is 0 Å². The summed E-state index contributed by atoms with van der Waals surface area (Å²) >= 11 is 11.6. The summed E-state index contributed by atoms with van der Waals surface area (Å²) in [5.74, 6) is 0. The molecular formula is C12H9BrClIN2. The molecule has 0 fully saturated rings. The molecule has 0 bridgehead atoms. The second-order valence-electron chi connectivity index (χ2n) is 3.48. The summed E-state index contributed by atoms with van der Waals surface area (Å²) in [4.78, 5) is 0. The van der Waals surface area contributed by atoms with E-state index in [1.54, 1.807) is 6.07 Å². The van der Waals surface area contributed by atoms with Gasteiger partial charge in [0.25, 0.3) is 0 Å². The predicted molar refractivity (Wildman–Crippen MR) is 86.0 cm³/mol. The van der Waals surface area contributed by atoms with Gasteiger partial charge in [-0.15, -0.1) is 0 Å². The van der Waals surface area contributed by atoms with Crippen LogP contribution in [0, 0.1) is 3.57 Å². The largest absolute Gasteiger partial charge is 0.397 e. The molecule has 0 radical (unpaired) electrons. The zero-order chi connectivity index (χ0) is 12.4. The molecule has 2 rings (SSSR count). The van der Waals surface area contributed by atoms with Crippen molar-refractivity contribution in [3.05, 3.63) is 49.5 Å². The molecule has 0 aliphatic rings. The third kappa shape index (κ3) is 3.26. The Kier molecular flexibility index (Phi) is 4.17. The van der Waals surface area contributed by atoms with Crippen molar-refractivity contribution in [2.75, 3.05) is 11.1 Å². The monoisotopic (exact) mass is 422 g/mol. The normalized spacial score (nSPS) is 10.3. The van der Waals surface area contributed by atoms with Gasteiger partial charge in [0.15, 0.2) is 0 Å². The highest BCUT2D eigenvalue weighted by Gasteiger charge is 2.04. The van der Waals surface area contributed by atoms with Crippen molar-refractivity contribution in [3.8, 4) is 0 Å². The summed E-state index contributed by atoms with van der Waals surface area (Å²) in [7, 11) is 0. The molecule has 0 aliphatic heterocycles. The number of nitrogens with two attached hydrogens (primary N) is 1. The summed E-state index contributed by atoms with van der Waals surface area (Å²) in [5, 5.41) is 3.91. The number of nitrogens with one attached hydrogen (secondary N) is 1. The average Bonchev–Trinajstić information content (AvgIpc) is 2.27. The van der Waals surface area contributed by atoms with Crippen LogP contribution in [0.5, 0.6) is 0 Å². The standard InChI is InChI=1S/C12H9BrClIN2/c13-9-3-2-8(15)6-12(9)17-11-4-1-7(14)5-10(11)16/h1-6,17H,16H2. The van der Waals surface area contributed by atoms with Crippen molar-refractivity contribution in [1.29, 1.82) is 0 Å². The minimum absolute atomic E-state index is 0.628. The van der Waals surface area contributed by atoms with E-state index in [-0.39, 0.29) is 0 Å². The van der Waals surface area contributed by atoms with Gasteiger partial charge >= 0.3 is 0 Å². The fourth-order valence-electron chi connectivity index (χ4n) is 1.39. The van der Waals surface area contributed by atoms with Crippen molar-refractivity contribution >= 4 is 67.2 Å². The Balaban J connectivity index is 2.34. The lowest BCUT2D eigenvalue weighted by Crippen LogP contribution is -1.97. The van der Waals surface area contributed by atoms with Gasteiger partial charge in [-0.3, -0.25) is 0 Å². The van der Waals surface area contributed by atoms with Gasteiger partial charge in [-0.25, -0.2) is 0 Å². The third-order valence-corrected chi connectivity index (χ3v) is 3.81. The van der Waals surface area contributed by atoms with Crippen LogP contribution in [0.15, 0.2) is 40.9 Å². The molecule has 17 heavy (non-hydrogen) atoms. The van der Waals surface area contributed by atoms with Crippen LogP contribution in [-0.4, -0.2) is 0 Å². The van der Waals surface area contributed by atoms with Gasteiger partial charge < -0.3 is 11.1 Å². The number of anilines is 3. The van der Waals surface area contributed by atoms with Crippen LogP contribution in [0.4, 0.5) is 17.1 Å². The SMILES string of the molecule is Nc1cc(Cl)ccc1Nc1cc(I)ccc1Br. The molecule has 0 spiro atoms. The lowest BCUT2D eigenvalue weighted by molar-refractivity contribution is 1.50. The van der Waals surface area contributed by atoms with Gasteiger partial charge in [-0.05, 0) is 74.9 Å². The molecule has 88 valence electrons. The van der Waals surface area contributed by atoms with Crippen LogP contribution in [-0.2, 0) is 0 Å². The van der Waals surface area contributed by atoms with Crippen LogP contribution in [0.3, 0.4) is 0 Å². The fourth-order valence-corrected chi connectivity index (χ4v) is 2.40. The van der Waals surface area contributed by atoms with Crippen LogP contribution < -0.4 is 11.1 Å². The summed E-state index contributed by atoms with van der Waals surface area (Å²) in [6.45, 7) is 0. The first-order valence-corrected chi connectivity index (χ1v) is 7.08. The molecule has 0 aliphatic carbocycles. The Morgan fingerprint density at radius 1 is 1.12 bits per heavy atom. The second-order valence-corrected chi connectivity index (χ2v) is 6.02. The van der Waals surface area contributed by atoms with Crippen molar-refractivity contribution in [1.82, 2.24) is 0 Å². The quantitative estimate of drug-likeness (QED) is 0.525. The highest BCUT2D eigenvalue weighted by Crippen LogP contribution is 2.31. The summed E-state index contributed by atoms with van der Waals surface area (Å²) in [6.07, 6.45) is 0. The highest BCUT2D eigenvalue weighted by molar-refractivity contribution is 14.1. The maximum Gasteiger partial charge on any atom is 0.0619 e. The summed E-state index contributed by atoms with van der Waals surface area (Å²) in [6, 6.07) is 11.5.